The minimum Gasteiger partial charge on any atom is -0.362 e. The lowest BCUT2D eigenvalue weighted by Crippen LogP contribution is -2.27. The highest BCUT2D eigenvalue weighted by Crippen LogP contribution is 2.23. The Kier molecular flexibility index (Phi) is 4.42. The van der Waals surface area contributed by atoms with Gasteiger partial charge in [-0.15, -0.1) is 0 Å². The Morgan fingerprint density at radius 1 is 1.12 bits per heavy atom. The molecule has 0 fully saturated rings. The van der Waals surface area contributed by atoms with Crippen LogP contribution in [0.3, 0.4) is 0 Å². The van der Waals surface area contributed by atoms with Crippen molar-refractivity contribution in [1.29, 1.82) is 0 Å². The Hall–Kier alpha value is -3.10. The lowest BCUT2D eigenvalue weighted by Gasteiger charge is -2.20. The van der Waals surface area contributed by atoms with Crippen molar-refractivity contribution in [3.63, 3.8) is 0 Å². The maximum absolute atomic E-state index is 5.02. The molecule has 4 rings (SSSR count). The van der Waals surface area contributed by atoms with Gasteiger partial charge in [0.25, 0.3) is 0 Å². The molecule has 1 N–H and O–H groups in total. The van der Waals surface area contributed by atoms with Crippen LogP contribution in [-0.4, -0.2) is 43.2 Å². The fourth-order valence-electron chi connectivity index (χ4n) is 3.13. The first-order valence-electron chi connectivity index (χ1n) is 8.59. The third-order valence-corrected chi connectivity index (χ3v) is 4.31. The summed E-state index contributed by atoms with van der Waals surface area (Å²) in [6, 6.07) is 0. The van der Waals surface area contributed by atoms with E-state index in [0.29, 0.717) is 18.3 Å². The Balaban J connectivity index is 1.55. The summed E-state index contributed by atoms with van der Waals surface area (Å²) in [6.45, 7) is 5.85. The summed E-state index contributed by atoms with van der Waals surface area (Å²) in [5, 5.41) is 7.26. The number of hydrogen-bond acceptors (Lipinski definition) is 9. The van der Waals surface area contributed by atoms with Gasteiger partial charge in [0.05, 0.1) is 18.4 Å². The van der Waals surface area contributed by atoms with E-state index in [-0.39, 0.29) is 0 Å². The van der Waals surface area contributed by atoms with Gasteiger partial charge in [0, 0.05) is 44.4 Å². The van der Waals surface area contributed by atoms with Gasteiger partial charge in [-0.3, -0.25) is 4.98 Å². The number of aromatic nitrogens is 6. The molecule has 3 aromatic rings. The quantitative estimate of drug-likeness (QED) is 0.747. The second-order valence-corrected chi connectivity index (χ2v) is 6.18. The molecule has 0 amide bonds. The standard InChI is InChI=1S/C17H20N8O/c1-11-21-14-4-8-25(16-10-18-5-6-19-16)7-3-13(14)17(22-11)20-9-15-23-12(2)26-24-15/h5-6,10H,3-4,7-9H2,1-2H3,(H,20,21,22). The molecule has 0 saturated heterocycles. The zero-order valence-corrected chi connectivity index (χ0v) is 14.8. The predicted molar refractivity (Wildman–Crippen MR) is 94.8 cm³/mol. The van der Waals surface area contributed by atoms with Crippen LogP contribution in [0.4, 0.5) is 11.6 Å². The molecule has 1 aliphatic rings. The molecule has 4 heterocycles. The molecular formula is C17H20N8O. The van der Waals surface area contributed by atoms with E-state index in [2.05, 4.69) is 40.3 Å². The van der Waals surface area contributed by atoms with Crippen molar-refractivity contribution in [3.8, 4) is 0 Å². The number of nitrogens with zero attached hydrogens (tertiary/aromatic N) is 7. The lowest BCUT2D eigenvalue weighted by molar-refractivity contribution is 0.388. The SMILES string of the molecule is Cc1nc2c(c(NCc3noc(C)n3)n1)CCN(c1cnccn1)CC2. The summed E-state index contributed by atoms with van der Waals surface area (Å²) in [5.41, 5.74) is 2.22. The molecule has 0 saturated carbocycles. The van der Waals surface area contributed by atoms with Crippen LogP contribution in [0.25, 0.3) is 0 Å². The van der Waals surface area contributed by atoms with Gasteiger partial charge < -0.3 is 14.7 Å². The first kappa shape index (κ1) is 16.4. The van der Waals surface area contributed by atoms with Crippen molar-refractivity contribution in [1.82, 2.24) is 30.1 Å². The van der Waals surface area contributed by atoms with Crippen LogP contribution >= 0.6 is 0 Å². The lowest BCUT2D eigenvalue weighted by atomic mass is 10.1. The van der Waals surface area contributed by atoms with Crippen molar-refractivity contribution >= 4 is 11.6 Å². The summed E-state index contributed by atoms with van der Waals surface area (Å²) in [4.78, 5) is 24.3. The van der Waals surface area contributed by atoms with Crippen molar-refractivity contribution in [2.75, 3.05) is 23.3 Å². The second kappa shape index (κ2) is 7.03. The van der Waals surface area contributed by atoms with E-state index in [1.165, 1.54) is 0 Å². The number of fused-ring (bicyclic) bond motifs is 1. The van der Waals surface area contributed by atoms with Crippen LogP contribution in [0, 0.1) is 13.8 Å². The number of nitrogens with one attached hydrogen (secondary N) is 1. The third-order valence-electron chi connectivity index (χ3n) is 4.31. The highest BCUT2D eigenvalue weighted by molar-refractivity contribution is 5.49. The molecule has 0 unspecified atom stereocenters. The highest BCUT2D eigenvalue weighted by Gasteiger charge is 2.20. The molecule has 1 aliphatic heterocycles. The average Bonchev–Trinajstić information content (AvgIpc) is 2.94. The van der Waals surface area contributed by atoms with Gasteiger partial charge in [-0.2, -0.15) is 4.98 Å². The van der Waals surface area contributed by atoms with E-state index >= 15 is 0 Å². The van der Waals surface area contributed by atoms with Gasteiger partial charge in [-0.25, -0.2) is 15.0 Å². The molecule has 0 bridgehead atoms. The van der Waals surface area contributed by atoms with E-state index in [1.54, 1.807) is 25.5 Å². The van der Waals surface area contributed by atoms with E-state index < -0.39 is 0 Å². The number of aryl methyl sites for hydroxylation is 2. The van der Waals surface area contributed by atoms with E-state index in [0.717, 1.165) is 54.6 Å². The zero-order valence-electron chi connectivity index (χ0n) is 14.8. The monoisotopic (exact) mass is 352 g/mol. The van der Waals surface area contributed by atoms with E-state index in [1.807, 2.05) is 6.92 Å². The molecule has 0 spiro atoms. The average molecular weight is 352 g/mol. The first-order valence-corrected chi connectivity index (χ1v) is 8.59. The van der Waals surface area contributed by atoms with Gasteiger partial charge in [0.2, 0.25) is 5.89 Å². The highest BCUT2D eigenvalue weighted by atomic mass is 16.5. The number of hydrogen-bond donors (Lipinski definition) is 1. The molecular weight excluding hydrogens is 332 g/mol. The van der Waals surface area contributed by atoms with Crippen LogP contribution in [0.2, 0.25) is 0 Å². The van der Waals surface area contributed by atoms with Crippen LogP contribution < -0.4 is 10.2 Å². The van der Waals surface area contributed by atoms with Crippen molar-refractivity contribution < 1.29 is 4.52 Å². The van der Waals surface area contributed by atoms with Gasteiger partial charge in [0.15, 0.2) is 5.82 Å². The maximum atomic E-state index is 5.02. The Bertz CT molecular complexity index is 895. The minimum absolute atomic E-state index is 0.466. The summed E-state index contributed by atoms with van der Waals surface area (Å²) in [6.07, 6.45) is 6.87. The van der Waals surface area contributed by atoms with Crippen LogP contribution in [0.1, 0.15) is 28.8 Å². The van der Waals surface area contributed by atoms with Crippen molar-refractivity contribution in [3.05, 3.63) is 47.4 Å². The van der Waals surface area contributed by atoms with Gasteiger partial charge in [0.1, 0.15) is 17.5 Å². The predicted octanol–water partition coefficient (Wildman–Crippen LogP) is 1.48. The van der Waals surface area contributed by atoms with Crippen LogP contribution in [0.15, 0.2) is 23.1 Å². The molecule has 0 aliphatic carbocycles. The Labute approximate surface area is 150 Å². The minimum atomic E-state index is 0.466. The molecule has 0 aromatic carbocycles. The zero-order chi connectivity index (χ0) is 17.9. The molecule has 0 radical (unpaired) electrons. The fraction of sp³-hybridized carbons (Fsp3) is 0.412. The number of rotatable bonds is 4. The molecule has 0 atom stereocenters. The molecule has 9 heteroatoms. The van der Waals surface area contributed by atoms with E-state index in [4.69, 9.17) is 4.52 Å². The molecule has 9 nitrogen and oxygen atoms in total. The van der Waals surface area contributed by atoms with E-state index in [9.17, 15) is 0 Å². The van der Waals surface area contributed by atoms with Crippen LogP contribution in [0.5, 0.6) is 0 Å². The van der Waals surface area contributed by atoms with Crippen LogP contribution in [-0.2, 0) is 19.4 Å². The Morgan fingerprint density at radius 3 is 2.77 bits per heavy atom. The summed E-state index contributed by atoms with van der Waals surface area (Å²) < 4.78 is 5.02. The first-order chi connectivity index (χ1) is 12.7. The normalized spacial score (nSPS) is 14.0. The summed E-state index contributed by atoms with van der Waals surface area (Å²) >= 11 is 0. The third kappa shape index (κ3) is 3.46. The van der Waals surface area contributed by atoms with Gasteiger partial charge in [-0.1, -0.05) is 5.16 Å². The maximum Gasteiger partial charge on any atom is 0.223 e. The molecule has 26 heavy (non-hydrogen) atoms. The Morgan fingerprint density at radius 2 is 2.00 bits per heavy atom. The number of anilines is 2. The largest absolute Gasteiger partial charge is 0.362 e. The fourth-order valence-corrected chi connectivity index (χ4v) is 3.13. The summed E-state index contributed by atoms with van der Waals surface area (Å²) in [7, 11) is 0. The van der Waals surface area contributed by atoms with Crippen molar-refractivity contribution in [2.24, 2.45) is 0 Å². The van der Waals surface area contributed by atoms with Crippen molar-refractivity contribution in [2.45, 2.75) is 33.2 Å². The second-order valence-electron chi connectivity index (χ2n) is 6.18. The van der Waals surface area contributed by atoms with Gasteiger partial charge in [-0.05, 0) is 13.3 Å². The summed E-state index contributed by atoms with van der Waals surface area (Å²) in [5.74, 6) is 3.66. The smallest absolute Gasteiger partial charge is 0.223 e. The van der Waals surface area contributed by atoms with Gasteiger partial charge >= 0.3 is 0 Å². The topological polar surface area (TPSA) is 106 Å². The molecule has 134 valence electrons. The molecule has 3 aromatic heterocycles.